The second-order valence-electron chi connectivity index (χ2n) is 7.66. The molecule has 2 aromatic rings. The molecule has 1 saturated heterocycles. The number of ether oxygens (including phenoxy) is 1. The molecule has 6 heteroatoms. The van der Waals surface area contributed by atoms with Crippen LogP contribution in [0.5, 0.6) is 0 Å². The molecule has 144 valence electrons. The Kier molecular flexibility index (Phi) is 4.91. The highest BCUT2D eigenvalue weighted by molar-refractivity contribution is 6.08. The predicted octanol–water partition coefficient (Wildman–Crippen LogP) is 3.15. The van der Waals surface area contributed by atoms with Gasteiger partial charge < -0.3 is 19.3 Å². The van der Waals surface area contributed by atoms with Crippen LogP contribution in [0.3, 0.4) is 0 Å². The van der Waals surface area contributed by atoms with E-state index in [2.05, 4.69) is 0 Å². The number of benzene rings is 1. The van der Waals surface area contributed by atoms with Crippen molar-refractivity contribution in [3.63, 3.8) is 0 Å². The van der Waals surface area contributed by atoms with Crippen molar-refractivity contribution in [2.45, 2.75) is 50.7 Å². The van der Waals surface area contributed by atoms with Crippen molar-refractivity contribution in [1.29, 1.82) is 0 Å². The first-order chi connectivity index (χ1) is 13.1. The van der Waals surface area contributed by atoms with Gasteiger partial charge in [0.25, 0.3) is 5.91 Å². The van der Waals surface area contributed by atoms with Gasteiger partial charge in [-0.05, 0) is 31.2 Å². The minimum Gasteiger partial charge on any atom is -0.480 e. The van der Waals surface area contributed by atoms with Gasteiger partial charge in [-0.25, -0.2) is 4.79 Å². The SMILES string of the molecule is COCCn1cc(C(=O)N2C(C(=O)O)CC3CCCCC32)c2ccccc21. The molecule has 27 heavy (non-hydrogen) atoms. The average Bonchev–Trinajstić information content (AvgIpc) is 3.25. The summed E-state index contributed by atoms with van der Waals surface area (Å²) in [5.41, 5.74) is 1.57. The Bertz CT molecular complexity index is 859. The van der Waals surface area contributed by atoms with Gasteiger partial charge in [0.05, 0.1) is 12.2 Å². The number of amides is 1. The summed E-state index contributed by atoms with van der Waals surface area (Å²) in [7, 11) is 1.66. The zero-order valence-electron chi connectivity index (χ0n) is 15.6. The van der Waals surface area contributed by atoms with Crippen LogP contribution >= 0.6 is 0 Å². The Balaban J connectivity index is 1.74. The van der Waals surface area contributed by atoms with E-state index in [-0.39, 0.29) is 11.9 Å². The number of nitrogens with zero attached hydrogens (tertiary/aromatic N) is 2. The second kappa shape index (κ2) is 7.35. The number of rotatable bonds is 5. The zero-order chi connectivity index (χ0) is 19.0. The summed E-state index contributed by atoms with van der Waals surface area (Å²) in [4.78, 5) is 27.1. The van der Waals surface area contributed by atoms with Crippen LogP contribution in [0.15, 0.2) is 30.5 Å². The summed E-state index contributed by atoms with van der Waals surface area (Å²) in [6.45, 7) is 1.21. The van der Waals surface area contributed by atoms with Crippen LogP contribution in [0, 0.1) is 5.92 Å². The van der Waals surface area contributed by atoms with E-state index >= 15 is 0 Å². The van der Waals surface area contributed by atoms with E-state index in [4.69, 9.17) is 4.74 Å². The summed E-state index contributed by atoms with van der Waals surface area (Å²) in [5, 5.41) is 10.6. The maximum absolute atomic E-state index is 13.5. The van der Waals surface area contributed by atoms with Crippen molar-refractivity contribution >= 4 is 22.8 Å². The fourth-order valence-corrected chi connectivity index (χ4v) is 4.90. The van der Waals surface area contributed by atoms with E-state index < -0.39 is 12.0 Å². The topological polar surface area (TPSA) is 71.8 Å². The summed E-state index contributed by atoms with van der Waals surface area (Å²) in [6, 6.07) is 7.13. The van der Waals surface area contributed by atoms with Gasteiger partial charge in [-0.15, -0.1) is 0 Å². The molecule has 0 bridgehead atoms. The zero-order valence-corrected chi connectivity index (χ0v) is 15.6. The number of hydrogen-bond donors (Lipinski definition) is 1. The Labute approximate surface area is 158 Å². The number of methoxy groups -OCH3 is 1. The molecule has 1 aliphatic heterocycles. The third kappa shape index (κ3) is 3.12. The van der Waals surface area contributed by atoms with Gasteiger partial charge in [0.15, 0.2) is 0 Å². The first-order valence-electron chi connectivity index (χ1n) is 9.74. The highest BCUT2D eigenvalue weighted by Crippen LogP contribution is 2.41. The van der Waals surface area contributed by atoms with Gasteiger partial charge in [0.2, 0.25) is 0 Å². The van der Waals surface area contributed by atoms with Crippen LogP contribution in [0.4, 0.5) is 0 Å². The number of fused-ring (bicyclic) bond motifs is 2. The number of carbonyl (C=O) groups is 2. The normalized spacial score (nSPS) is 24.9. The summed E-state index contributed by atoms with van der Waals surface area (Å²) in [6.07, 6.45) is 6.56. The van der Waals surface area contributed by atoms with Gasteiger partial charge in [0.1, 0.15) is 6.04 Å². The van der Waals surface area contributed by atoms with Crippen molar-refractivity contribution in [2.24, 2.45) is 5.92 Å². The van der Waals surface area contributed by atoms with Gasteiger partial charge in [-0.3, -0.25) is 4.79 Å². The van der Waals surface area contributed by atoms with Crippen molar-refractivity contribution in [1.82, 2.24) is 9.47 Å². The lowest BCUT2D eigenvalue weighted by molar-refractivity contribution is -0.141. The number of aliphatic carboxylic acids is 1. The fourth-order valence-electron chi connectivity index (χ4n) is 4.90. The van der Waals surface area contributed by atoms with Crippen LogP contribution < -0.4 is 0 Å². The molecular formula is C21H26N2O4. The molecule has 2 aliphatic rings. The number of carboxylic acids is 1. The van der Waals surface area contributed by atoms with Gasteiger partial charge in [-0.2, -0.15) is 0 Å². The van der Waals surface area contributed by atoms with E-state index in [0.717, 1.165) is 36.6 Å². The standard InChI is InChI=1S/C21H26N2O4/c1-27-11-10-22-13-16(15-7-3-5-9-18(15)22)20(24)23-17-8-4-2-6-14(17)12-19(23)21(25)26/h3,5,7,9,13-14,17,19H,2,4,6,8,10-12H2,1H3,(H,25,26). The number of hydrogen-bond acceptors (Lipinski definition) is 3. The molecule has 3 atom stereocenters. The summed E-state index contributed by atoms with van der Waals surface area (Å²) < 4.78 is 7.21. The molecular weight excluding hydrogens is 344 g/mol. The number of carbonyl (C=O) groups excluding carboxylic acids is 1. The number of para-hydroxylation sites is 1. The third-order valence-electron chi connectivity index (χ3n) is 6.16. The van der Waals surface area contributed by atoms with E-state index in [1.807, 2.05) is 35.0 Å². The molecule has 0 spiro atoms. The average molecular weight is 370 g/mol. The molecule has 2 fully saturated rings. The Morgan fingerprint density at radius 3 is 2.78 bits per heavy atom. The van der Waals surface area contributed by atoms with Gasteiger partial charge >= 0.3 is 5.97 Å². The molecule has 1 aromatic heterocycles. The van der Waals surface area contributed by atoms with E-state index in [0.29, 0.717) is 31.1 Å². The highest BCUT2D eigenvalue weighted by Gasteiger charge is 2.48. The monoisotopic (exact) mass is 370 g/mol. The lowest BCUT2D eigenvalue weighted by Gasteiger charge is -2.33. The van der Waals surface area contributed by atoms with Crippen LogP contribution in [0.25, 0.3) is 10.9 Å². The fraction of sp³-hybridized carbons (Fsp3) is 0.524. The van der Waals surface area contributed by atoms with Crippen molar-refractivity contribution in [3.05, 3.63) is 36.0 Å². The maximum atomic E-state index is 13.5. The van der Waals surface area contributed by atoms with E-state index in [1.54, 1.807) is 12.0 Å². The molecule has 2 heterocycles. The minimum atomic E-state index is -0.888. The maximum Gasteiger partial charge on any atom is 0.326 e. The van der Waals surface area contributed by atoms with E-state index in [1.165, 1.54) is 0 Å². The third-order valence-corrected chi connectivity index (χ3v) is 6.16. The first-order valence-corrected chi connectivity index (χ1v) is 9.74. The van der Waals surface area contributed by atoms with Crippen LogP contribution in [-0.4, -0.2) is 52.3 Å². The highest BCUT2D eigenvalue weighted by atomic mass is 16.5. The summed E-state index contributed by atoms with van der Waals surface area (Å²) in [5.74, 6) is -0.726. The molecule has 1 saturated carbocycles. The summed E-state index contributed by atoms with van der Waals surface area (Å²) >= 11 is 0. The molecule has 1 aliphatic carbocycles. The van der Waals surface area contributed by atoms with Crippen molar-refractivity contribution in [3.8, 4) is 0 Å². The van der Waals surface area contributed by atoms with Gasteiger partial charge in [-0.1, -0.05) is 31.0 Å². The minimum absolute atomic E-state index is 0.0495. The largest absolute Gasteiger partial charge is 0.480 e. The number of aromatic nitrogens is 1. The smallest absolute Gasteiger partial charge is 0.326 e. The van der Waals surface area contributed by atoms with Crippen LogP contribution in [0.1, 0.15) is 42.5 Å². The Morgan fingerprint density at radius 1 is 1.22 bits per heavy atom. The molecule has 6 nitrogen and oxygen atoms in total. The Hall–Kier alpha value is -2.34. The van der Waals surface area contributed by atoms with Crippen LogP contribution in [-0.2, 0) is 16.1 Å². The van der Waals surface area contributed by atoms with E-state index in [9.17, 15) is 14.7 Å². The lowest BCUT2D eigenvalue weighted by Crippen LogP contribution is -2.46. The molecule has 1 aromatic carbocycles. The molecule has 0 radical (unpaired) electrons. The quantitative estimate of drug-likeness (QED) is 0.878. The molecule has 3 unspecified atom stereocenters. The molecule has 4 rings (SSSR count). The number of carboxylic acid groups (broad SMARTS) is 1. The number of likely N-dealkylation sites (tertiary alicyclic amines) is 1. The predicted molar refractivity (Wildman–Crippen MR) is 102 cm³/mol. The Morgan fingerprint density at radius 2 is 2.00 bits per heavy atom. The first kappa shape index (κ1) is 18.0. The molecule has 1 amide bonds. The van der Waals surface area contributed by atoms with Gasteiger partial charge in [0, 0.05) is 36.8 Å². The second-order valence-corrected chi connectivity index (χ2v) is 7.66. The van der Waals surface area contributed by atoms with Crippen molar-refractivity contribution in [2.75, 3.05) is 13.7 Å². The molecule has 1 N–H and O–H groups in total. The van der Waals surface area contributed by atoms with Crippen molar-refractivity contribution < 1.29 is 19.4 Å². The van der Waals surface area contributed by atoms with Crippen LogP contribution in [0.2, 0.25) is 0 Å². The lowest BCUT2D eigenvalue weighted by atomic mass is 9.84.